The smallest absolute Gasteiger partial charge is 0.314 e. The molecule has 0 unspecified atom stereocenters. The van der Waals surface area contributed by atoms with Gasteiger partial charge in [0.25, 0.3) is 0 Å². The summed E-state index contributed by atoms with van der Waals surface area (Å²) in [5.74, 6) is -0.852. The molecule has 6 heteroatoms. The number of fused-ring (bicyclic) bond motifs is 1. The molecule has 4 rings (SSSR count). The number of hydrogen-bond acceptors (Lipinski definition) is 3. The topological polar surface area (TPSA) is 75.4 Å². The molecular weight excluding hydrogens is 342 g/mol. The van der Waals surface area contributed by atoms with E-state index < -0.39 is 11.4 Å². The number of carbonyl (C=O) groups is 2. The van der Waals surface area contributed by atoms with E-state index in [1.54, 1.807) is 15.8 Å². The lowest BCUT2D eigenvalue weighted by atomic mass is 9.73. The van der Waals surface area contributed by atoms with Gasteiger partial charge in [-0.15, -0.1) is 0 Å². The lowest BCUT2D eigenvalue weighted by Gasteiger charge is -2.39. The van der Waals surface area contributed by atoms with E-state index in [0.717, 1.165) is 16.5 Å². The van der Waals surface area contributed by atoms with Crippen molar-refractivity contribution in [2.75, 3.05) is 13.1 Å². The Morgan fingerprint density at radius 3 is 2.37 bits per heavy atom. The predicted octanol–water partition coefficient (Wildman–Crippen LogP) is 2.68. The number of likely N-dealkylation sites (tertiary alicyclic amines) is 1. The summed E-state index contributed by atoms with van der Waals surface area (Å²) in [6.07, 6.45) is 2.58. The van der Waals surface area contributed by atoms with Crippen LogP contribution >= 0.6 is 0 Å². The molecule has 138 valence electrons. The number of carboxylic acid groups (broad SMARTS) is 1. The van der Waals surface area contributed by atoms with Gasteiger partial charge in [0.1, 0.15) is 6.54 Å². The molecule has 0 radical (unpaired) electrons. The average molecular weight is 363 g/mol. The third-order valence-electron chi connectivity index (χ3n) is 5.54. The first-order chi connectivity index (χ1) is 13.1. The Kier molecular flexibility index (Phi) is 4.39. The normalized spacial score (nSPS) is 16.4. The van der Waals surface area contributed by atoms with Gasteiger partial charge in [-0.3, -0.25) is 14.3 Å². The summed E-state index contributed by atoms with van der Waals surface area (Å²) in [5, 5.41) is 15.2. The van der Waals surface area contributed by atoms with Crippen molar-refractivity contribution in [3.8, 4) is 0 Å². The van der Waals surface area contributed by atoms with E-state index in [1.165, 1.54) is 0 Å². The number of benzene rings is 2. The van der Waals surface area contributed by atoms with E-state index in [2.05, 4.69) is 5.10 Å². The number of carboxylic acids is 1. The monoisotopic (exact) mass is 363 g/mol. The van der Waals surface area contributed by atoms with E-state index in [4.69, 9.17) is 0 Å². The maximum atomic E-state index is 12.7. The quantitative estimate of drug-likeness (QED) is 0.773. The summed E-state index contributed by atoms with van der Waals surface area (Å²) < 4.78 is 1.70. The van der Waals surface area contributed by atoms with Crippen molar-refractivity contribution in [3.05, 3.63) is 66.4 Å². The second kappa shape index (κ2) is 6.87. The van der Waals surface area contributed by atoms with Crippen LogP contribution in [0.2, 0.25) is 0 Å². The van der Waals surface area contributed by atoms with Crippen molar-refractivity contribution < 1.29 is 14.7 Å². The molecule has 0 aliphatic carbocycles. The molecule has 0 saturated carbocycles. The average Bonchev–Trinajstić information content (AvgIpc) is 3.11. The Hall–Kier alpha value is -3.15. The molecule has 1 amide bonds. The number of amides is 1. The Morgan fingerprint density at radius 2 is 1.67 bits per heavy atom. The lowest BCUT2D eigenvalue weighted by molar-refractivity contribution is -0.148. The van der Waals surface area contributed by atoms with E-state index in [0.29, 0.717) is 25.9 Å². The van der Waals surface area contributed by atoms with Crippen molar-refractivity contribution in [3.63, 3.8) is 0 Å². The van der Waals surface area contributed by atoms with E-state index in [1.807, 2.05) is 54.6 Å². The molecule has 0 bridgehead atoms. The molecule has 0 atom stereocenters. The van der Waals surface area contributed by atoms with Gasteiger partial charge in [-0.05, 0) is 24.5 Å². The van der Waals surface area contributed by atoms with Gasteiger partial charge in [0.05, 0.1) is 17.1 Å². The fraction of sp³-hybridized carbons (Fsp3) is 0.286. The van der Waals surface area contributed by atoms with E-state index >= 15 is 0 Å². The molecule has 1 aromatic heterocycles. The highest BCUT2D eigenvalue weighted by Gasteiger charge is 2.43. The first-order valence-electron chi connectivity index (χ1n) is 9.07. The van der Waals surface area contributed by atoms with Crippen LogP contribution in [0, 0.1) is 0 Å². The zero-order valence-electron chi connectivity index (χ0n) is 14.9. The van der Waals surface area contributed by atoms with Crippen LogP contribution in [-0.4, -0.2) is 44.8 Å². The highest BCUT2D eigenvalue weighted by molar-refractivity contribution is 5.84. The van der Waals surface area contributed by atoms with Gasteiger partial charge in [0.15, 0.2) is 0 Å². The molecule has 2 aromatic carbocycles. The summed E-state index contributed by atoms with van der Waals surface area (Å²) in [6, 6.07) is 17.1. The molecule has 0 spiro atoms. The highest BCUT2D eigenvalue weighted by atomic mass is 16.4. The van der Waals surface area contributed by atoms with Crippen LogP contribution in [0.4, 0.5) is 0 Å². The van der Waals surface area contributed by atoms with Crippen LogP contribution in [0.5, 0.6) is 0 Å². The fourth-order valence-electron chi connectivity index (χ4n) is 3.90. The van der Waals surface area contributed by atoms with Crippen LogP contribution in [0.15, 0.2) is 60.8 Å². The van der Waals surface area contributed by atoms with Crippen LogP contribution in [-0.2, 0) is 21.5 Å². The molecule has 1 saturated heterocycles. The van der Waals surface area contributed by atoms with Crippen molar-refractivity contribution in [1.82, 2.24) is 14.7 Å². The number of aromatic nitrogens is 2. The van der Waals surface area contributed by atoms with Crippen molar-refractivity contribution in [2.45, 2.75) is 24.8 Å². The van der Waals surface area contributed by atoms with Crippen LogP contribution in [0.1, 0.15) is 18.4 Å². The van der Waals surface area contributed by atoms with Gasteiger partial charge in [-0.25, -0.2) is 0 Å². The molecule has 1 aliphatic heterocycles. The molecule has 2 heterocycles. The standard InChI is InChI=1S/C21H21N3O3/c25-19(15-24-18-9-5-4-6-16(18)14-22-24)23-12-10-21(11-13-23,20(26)27)17-7-2-1-3-8-17/h1-9,14H,10-13,15H2,(H,26,27). The molecule has 1 aliphatic rings. The van der Waals surface area contributed by atoms with Gasteiger partial charge in [0.2, 0.25) is 5.91 Å². The molecular formula is C21H21N3O3. The SMILES string of the molecule is O=C(Cn1ncc2ccccc21)N1CCC(C(=O)O)(c2ccccc2)CC1. The zero-order chi connectivity index (χ0) is 18.9. The van der Waals surface area contributed by atoms with Crippen molar-refractivity contribution >= 4 is 22.8 Å². The van der Waals surface area contributed by atoms with Gasteiger partial charge < -0.3 is 10.0 Å². The maximum Gasteiger partial charge on any atom is 0.314 e. The Balaban J connectivity index is 1.48. The number of nitrogens with zero attached hydrogens (tertiary/aromatic N) is 3. The minimum absolute atomic E-state index is 0.0316. The van der Waals surface area contributed by atoms with Crippen molar-refractivity contribution in [2.24, 2.45) is 0 Å². The zero-order valence-corrected chi connectivity index (χ0v) is 14.9. The van der Waals surface area contributed by atoms with E-state index in [-0.39, 0.29) is 12.5 Å². The number of carbonyl (C=O) groups excluding carboxylic acids is 1. The molecule has 1 N–H and O–H groups in total. The van der Waals surface area contributed by atoms with Gasteiger partial charge in [-0.1, -0.05) is 48.5 Å². The Bertz CT molecular complexity index is 973. The van der Waals surface area contributed by atoms with Gasteiger partial charge in [-0.2, -0.15) is 5.10 Å². The minimum atomic E-state index is -0.920. The third kappa shape index (κ3) is 3.07. The first kappa shape index (κ1) is 17.3. The summed E-state index contributed by atoms with van der Waals surface area (Å²) in [7, 11) is 0. The Morgan fingerprint density at radius 1 is 1.00 bits per heavy atom. The summed E-state index contributed by atoms with van der Waals surface area (Å²) in [5.41, 5.74) is 0.811. The molecule has 1 fully saturated rings. The first-order valence-corrected chi connectivity index (χ1v) is 9.07. The number of aliphatic carboxylic acids is 1. The number of hydrogen-bond donors (Lipinski definition) is 1. The highest BCUT2D eigenvalue weighted by Crippen LogP contribution is 2.36. The lowest BCUT2D eigenvalue weighted by Crippen LogP contribution is -2.49. The molecule has 3 aromatic rings. The second-order valence-electron chi connectivity index (χ2n) is 7.00. The summed E-state index contributed by atoms with van der Waals surface area (Å²) in [6.45, 7) is 1.03. The molecule has 27 heavy (non-hydrogen) atoms. The summed E-state index contributed by atoms with van der Waals surface area (Å²) in [4.78, 5) is 26.5. The Labute approximate surface area is 157 Å². The third-order valence-corrected chi connectivity index (χ3v) is 5.54. The van der Waals surface area contributed by atoms with Crippen LogP contribution in [0.25, 0.3) is 10.9 Å². The van der Waals surface area contributed by atoms with Gasteiger partial charge >= 0.3 is 5.97 Å². The number of para-hydroxylation sites is 1. The maximum absolute atomic E-state index is 12.7. The minimum Gasteiger partial charge on any atom is -0.481 e. The van der Waals surface area contributed by atoms with Gasteiger partial charge in [0, 0.05) is 18.5 Å². The van der Waals surface area contributed by atoms with E-state index in [9.17, 15) is 14.7 Å². The van der Waals surface area contributed by atoms with Crippen molar-refractivity contribution in [1.29, 1.82) is 0 Å². The number of rotatable bonds is 4. The fourth-order valence-corrected chi connectivity index (χ4v) is 3.90. The number of piperidine rings is 1. The summed E-state index contributed by atoms with van der Waals surface area (Å²) >= 11 is 0. The molecule has 6 nitrogen and oxygen atoms in total. The van der Waals surface area contributed by atoms with Crippen LogP contribution in [0.3, 0.4) is 0 Å². The largest absolute Gasteiger partial charge is 0.481 e. The second-order valence-corrected chi connectivity index (χ2v) is 7.00. The van der Waals surface area contributed by atoms with Crippen LogP contribution < -0.4 is 0 Å². The predicted molar refractivity (Wildman–Crippen MR) is 101 cm³/mol.